The number of thiazole rings is 1. The molecule has 2 aromatic carbocycles. The van der Waals surface area contributed by atoms with Crippen LogP contribution < -0.4 is 15.4 Å². The smallest absolute Gasteiger partial charge is 0.371 e. The Morgan fingerprint density at radius 1 is 1.00 bits per heavy atom. The predicted molar refractivity (Wildman–Crippen MR) is 208 cm³/mol. The summed E-state index contributed by atoms with van der Waals surface area (Å²) in [6.45, 7) is 13.7. The fraction of sp³-hybridized carbons (Fsp3) is 0.462. The molecule has 0 unspecified atom stereocenters. The molecule has 1 aromatic heterocycles. The molecule has 17 heteroatoms. The van der Waals surface area contributed by atoms with Gasteiger partial charge in [-0.1, -0.05) is 69.7 Å². The van der Waals surface area contributed by atoms with Gasteiger partial charge in [-0.15, -0.1) is 11.3 Å². The molecule has 0 spiro atoms. The summed E-state index contributed by atoms with van der Waals surface area (Å²) in [5.41, 5.74) is 1.46. The Labute approximate surface area is 330 Å². The molecule has 306 valence electrons. The summed E-state index contributed by atoms with van der Waals surface area (Å²) in [4.78, 5) is 57.0. The number of anilines is 1. The highest BCUT2D eigenvalue weighted by atomic mass is 32.2. The Hall–Kier alpha value is -4.61. The molecular formula is C39H50F3N5O7S2. The molecule has 0 radical (unpaired) electrons. The summed E-state index contributed by atoms with van der Waals surface area (Å²) >= 11 is 1.24. The molecule has 3 aromatic rings. The Kier molecular flexibility index (Phi) is 16.8. The lowest BCUT2D eigenvalue weighted by Gasteiger charge is -2.32. The Balaban J connectivity index is 1.75. The van der Waals surface area contributed by atoms with E-state index in [1.54, 1.807) is 22.6 Å². The number of alkyl halides is 3. The summed E-state index contributed by atoms with van der Waals surface area (Å²) in [5.74, 6) is -4.31. The number of carbonyl (C=O) groups excluding carboxylic acids is 4. The highest BCUT2D eigenvalue weighted by Crippen LogP contribution is 2.30. The van der Waals surface area contributed by atoms with Crippen LogP contribution in [0.2, 0.25) is 0 Å². The van der Waals surface area contributed by atoms with Crippen LogP contribution in [0.4, 0.5) is 18.9 Å². The summed E-state index contributed by atoms with van der Waals surface area (Å²) in [6, 6.07) is 12.0. The minimum absolute atomic E-state index is 0.0000309. The topological polar surface area (TPSA) is 164 Å². The number of amides is 4. The van der Waals surface area contributed by atoms with Crippen molar-refractivity contribution in [1.29, 1.82) is 0 Å². The van der Waals surface area contributed by atoms with E-state index in [0.29, 0.717) is 30.9 Å². The van der Waals surface area contributed by atoms with Gasteiger partial charge >= 0.3 is 12.1 Å². The first-order valence-corrected chi connectivity index (χ1v) is 20.5. The number of ether oxygens (including phenoxy) is 1. The maximum absolute atomic E-state index is 13.7. The second-order valence-electron chi connectivity index (χ2n) is 13.8. The van der Waals surface area contributed by atoms with Crippen molar-refractivity contribution in [3.63, 3.8) is 0 Å². The molecule has 3 N–H and O–H groups in total. The molecule has 0 aliphatic carbocycles. The lowest BCUT2D eigenvalue weighted by Crippen LogP contribution is -2.41. The first-order valence-electron chi connectivity index (χ1n) is 18.1. The van der Waals surface area contributed by atoms with Crippen LogP contribution in [0.5, 0.6) is 0 Å². The second kappa shape index (κ2) is 20.5. The lowest BCUT2D eigenvalue weighted by molar-refractivity contribution is -0.167. The zero-order valence-electron chi connectivity index (χ0n) is 32.3. The molecule has 0 fully saturated rings. The van der Waals surface area contributed by atoms with E-state index >= 15 is 0 Å². The molecular weight excluding hydrogens is 772 g/mol. The normalized spacial score (nSPS) is 14.4. The number of likely N-dealkylation sites (N-methyl/N-ethyl adjacent to an activating group) is 1. The van der Waals surface area contributed by atoms with Gasteiger partial charge in [0.15, 0.2) is 0 Å². The van der Waals surface area contributed by atoms with Crippen LogP contribution in [0.15, 0.2) is 77.0 Å². The minimum atomic E-state index is -5.13. The summed E-state index contributed by atoms with van der Waals surface area (Å²) in [7, 11) is -2.70. The van der Waals surface area contributed by atoms with Crippen LogP contribution >= 0.6 is 11.3 Å². The van der Waals surface area contributed by atoms with E-state index in [1.807, 2.05) is 62.7 Å². The van der Waals surface area contributed by atoms with Crippen LogP contribution in [0, 0.1) is 11.8 Å². The number of hydrogen-bond donors (Lipinski definition) is 3. The van der Waals surface area contributed by atoms with Gasteiger partial charge in [-0.25, -0.2) is 18.1 Å². The van der Waals surface area contributed by atoms with Crippen LogP contribution in [0.25, 0.3) is 0 Å². The van der Waals surface area contributed by atoms with E-state index in [-0.39, 0.29) is 35.7 Å². The van der Waals surface area contributed by atoms with Crippen molar-refractivity contribution >= 4 is 50.7 Å². The number of aromatic nitrogens is 1. The number of sulfonamides is 1. The molecule has 4 amide bonds. The van der Waals surface area contributed by atoms with E-state index in [0.717, 1.165) is 41.8 Å². The zero-order chi connectivity index (χ0) is 41.8. The average molecular weight is 822 g/mol. The lowest BCUT2D eigenvalue weighted by atomic mass is 9.95. The number of rotatable bonds is 20. The van der Waals surface area contributed by atoms with Gasteiger partial charge in [-0.3, -0.25) is 19.2 Å². The van der Waals surface area contributed by atoms with E-state index in [9.17, 15) is 40.8 Å². The molecule has 0 aliphatic heterocycles. The third-order valence-electron chi connectivity index (χ3n) is 9.15. The molecule has 0 bridgehead atoms. The molecule has 1 heterocycles. The first kappa shape index (κ1) is 45.8. The van der Waals surface area contributed by atoms with E-state index in [1.165, 1.54) is 18.3 Å². The summed E-state index contributed by atoms with van der Waals surface area (Å²) in [5, 5.41) is 6.71. The number of hydrogen-bond acceptors (Lipinski definition) is 9. The number of benzene rings is 2. The van der Waals surface area contributed by atoms with Gasteiger partial charge in [-0.05, 0) is 62.4 Å². The SMILES string of the molecule is C=C(C)[C@@H](C[C@@H](OCC)c1nc(C(=O)N[C@@H](Cc2ccccc2)C[C@H](C)C(=O)NS(=O)(=O)c2ccc(NC(=O)C(F)(F)F)cc2)cs1)N(C)C(=O)C[C@@H](C)CC. The van der Waals surface area contributed by atoms with Crippen LogP contribution in [-0.2, 0) is 35.6 Å². The van der Waals surface area contributed by atoms with Crippen LogP contribution in [0.1, 0.15) is 87.5 Å². The van der Waals surface area contributed by atoms with Crippen molar-refractivity contribution < 1.29 is 45.5 Å². The number of halogens is 3. The highest BCUT2D eigenvalue weighted by Gasteiger charge is 2.38. The van der Waals surface area contributed by atoms with Gasteiger partial charge in [0, 0.05) is 49.5 Å². The van der Waals surface area contributed by atoms with Gasteiger partial charge < -0.3 is 20.3 Å². The Morgan fingerprint density at radius 3 is 2.21 bits per heavy atom. The van der Waals surface area contributed by atoms with Gasteiger partial charge in [-0.2, -0.15) is 13.2 Å². The number of carbonyl (C=O) groups is 4. The largest absolute Gasteiger partial charge is 0.471 e. The van der Waals surface area contributed by atoms with Crippen molar-refractivity contribution in [3.8, 4) is 0 Å². The number of nitrogens with zero attached hydrogens (tertiary/aromatic N) is 2. The van der Waals surface area contributed by atoms with Crippen molar-refractivity contribution in [2.24, 2.45) is 11.8 Å². The van der Waals surface area contributed by atoms with E-state index in [4.69, 9.17) is 4.74 Å². The van der Waals surface area contributed by atoms with Gasteiger partial charge in [0.1, 0.15) is 16.8 Å². The minimum Gasteiger partial charge on any atom is -0.371 e. The maximum atomic E-state index is 13.7. The van der Waals surface area contributed by atoms with Gasteiger partial charge in [0.05, 0.1) is 10.9 Å². The van der Waals surface area contributed by atoms with Crippen LogP contribution in [-0.4, -0.2) is 73.8 Å². The molecule has 0 aliphatic rings. The third kappa shape index (κ3) is 13.5. The van der Waals surface area contributed by atoms with Crippen molar-refractivity contribution in [3.05, 3.63) is 88.4 Å². The Morgan fingerprint density at radius 2 is 1.64 bits per heavy atom. The fourth-order valence-corrected chi connectivity index (χ4v) is 7.67. The predicted octanol–water partition coefficient (Wildman–Crippen LogP) is 6.82. The van der Waals surface area contributed by atoms with Crippen LogP contribution in [0.3, 0.4) is 0 Å². The van der Waals surface area contributed by atoms with Gasteiger partial charge in [0.2, 0.25) is 11.8 Å². The quantitative estimate of drug-likeness (QED) is 0.105. The van der Waals surface area contributed by atoms with Crippen molar-refractivity contribution in [2.45, 2.75) is 96.0 Å². The molecule has 0 saturated heterocycles. The van der Waals surface area contributed by atoms with Crippen molar-refractivity contribution in [1.82, 2.24) is 19.9 Å². The standard InChI is InChI=1S/C39H50F3N5O7S2/c1-8-25(5)19-34(48)47(7)32(24(3)4)22-33(54-9-2)37-45-31(23-55-37)36(50)43-29(21-27-13-11-10-12-14-27)20-26(6)35(49)46-56(52,53)30-17-15-28(16-18-30)44-38(51)39(40,41)42/h10-18,23,25-26,29,32-33H,3,8-9,19-22H2,1-2,4-7H3,(H,43,50)(H,44,51)(H,46,49)/t25-,26-,29+,32+,33+/m0/s1. The summed E-state index contributed by atoms with van der Waals surface area (Å²) in [6.07, 6.45) is -3.67. The first-order chi connectivity index (χ1) is 26.2. The molecule has 0 saturated carbocycles. The average Bonchev–Trinajstić information content (AvgIpc) is 3.63. The third-order valence-corrected chi connectivity index (χ3v) is 11.4. The zero-order valence-corrected chi connectivity index (χ0v) is 33.9. The molecule has 3 rings (SSSR count). The number of nitrogens with one attached hydrogen (secondary N) is 3. The van der Waals surface area contributed by atoms with E-state index in [2.05, 4.69) is 16.9 Å². The summed E-state index contributed by atoms with van der Waals surface area (Å²) < 4.78 is 71.8. The Bertz CT molecular complexity index is 1920. The van der Waals surface area contributed by atoms with E-state index < -0.39 is 56.9 Å². The van der Waals surface area contributed by atoms with Crippen molar-refractivity contribution in [2.75, 3.05) is 19.0 Å². The highest BCUT2D eigenvalue weighted by molar-refractivity contribution is 7.90. The fourth-order valence-electron chi connectivity index (χ4n) is 5.73. The molecule has 56 heavy (non-hydrogen) atoms. The monoisotopic (exact) mass is 821 g/mol. The maximum Gasteiger partial charge on any atom is 0.471 e. The molecule has 5 atom stereocenters. The van der Waals surface area contributed by atoms with Gasteiger partial charge in [0.25, 0.3) is 15.9 Å². The second-order valence-corrected chi connectivity index (χ2v) is 16.3. The molecule has 12 nitrogen and oxygen atoms in total.